The molecule has 1 saturated heterocycles. The first-order valence-electron chi connectivity index (χ1n) is 9.33. The van der Waals surface area contributed by atoms with Crippen molar-refractivity contribution >= 4 is 28.7 Å². The molecule has 3 rings (SSSR count). The zero-order chi connectivity index (χ0) is 21.6. The Morgan fingerprint density at radius 3 is 2.76 bits per heavy atom. The molecule has 2 aliphatic heterocycles. The number of halogens is 1. The Hall–Kier alpha value is -2.20. The summed E-state index contributed by atoms with van der Waals surface area (Å²) in [6, 6.07) is 3.37. The number of nitro benzene ring substituents is 1. The third kappa shape index (κ3) is 3.71. The molecule has 1 fully saturated rings. The second-order valence-electron chi connectivity index (χ2n) is 8.20. The molecule has 0 saturated carbocycles. The minimum absolute atomic E-state index is 0.0376. The number of hydrogen-bond acceptors (Lipinski definition) is 6. The van der Waals surface area contributed by atoms with E-state index in [0.29, 0.717) is 12.2 Å². The number of carbonyl (C=O) groups is 1. The molecule has 0 aliphatic carbocycles. The summed E-state index contributed by atoms with van der Waals surface area (Å²) in [4.78, 5) is 28.5. The van der Waals surface area contributed by atoms with E-state index in [1.165, 1.54) is 17.8 Å². The number of nitro groups is 1. The number of rotatable bonds is 3. The zero-order valence-electron chi connectivity index (χ0n) is 16.7. The van der Waals surface area contributed by atoms with Crippen LogP contribution in [0, 0.1) is 21.8 Å². The maximum Gasteiger partial charge on any atom is 0.413 e. The molecular weight excluding hydrogens is 401 g/mol. The number of thioether (sulfide) groups is 1. The number of hydrogen-bond donors (Lipinski definition) is 1. The molecule has 8 nitrogen and oxygen atoms in total. The van der Waals surface area contributed by atoms with E-state index in [1.54, 1.807) is 20.8 Å². The average Bonchev–Trinajstić information content (AvgIpc) is 2.99. The molecule has 1 amide bonds. The van der Waals surface area contributed by atoms with Gasteiger partial charge in [0.1, 0.15) is 11.4 Å². The van der Waals surface area contributed by atoms with Crippen LogP contribution in [0.2, 0.25) is 0 Å². The highest BCUT2D eigenvalue weighted by Gasteiger charge is 2.55. The molecule has 0 unspecified atom stereocenters. The highest BCUT2D eigenvalue weighted by Crippen LogP contribution is 2.50. The minimum Gasteiger partial charge on any atom is -0.465 e. The third-order valence-electron chi connectivity index (χ3n) is 5.35. The smallest absolute Gasteiger partial charge is 0.413 e. The molecule has 1 aromatic carbocycles. The Labute approximate surface area is 172 Å². The van der Waals surface area contributed by atoms with Gasteiger partial charge in [0.15, 0.2) is 5.17 Å². The number of ether oxygens (including phenoxy) is 1. The number of benzene rings is 1. The highest BCUT2D eigenvalue weighted by atomic mass is 32.2. The fourth-order valence-electron chi connectivity index (χ4n) is 3.96. The first-order chi connectivity index (χ1) is 13.5. The number of fused-ring (bicyclic) bond motifs is 1. The molecule has 158 valence electrons. The Morgan fingerprint density at radius 2 is 2.21 bits per heavy atom. The Kier molecular flexibility index (Phi) is 5.61. The van der Waals surface area contributed by atoms with Crippen molar-refractivity contribution in [1.29, 1.82) is 0 Å². The predicted molar refractivity (Wildman–Crippen MR) is 108 cm³/mol. The fourth-order valence-corrected chi connectivity index (χ4v) is 5.49. The van der Waals surface area contributed by atoms with Gasteiger partial charge in [-0.1, -0.05) is 18.7 Å². The molecule has 0 radical (unpaired) electrons. The lowest BCUT2D eigenvalue weighted by Gasteiger charge is -2.41. The minimum atomic E-state index is -1.21. The van der Waals surface area contributed by atoms with Gasteiger partial charge in [-0.15, -0.1) is 0 Å². The number of nitrogens with zero attached hydrogens (tertiary/aromatic N) is 3. The van der Waals surface area contributed by atoms with Crippen LogP contribution >= 0.6 is 11.8 Å². The van der Waals surface area contributed by atoms with E-state index in [2.05, 4.69) is 0 Å². The Balaban J connectivity index is 2.22. The van der Waals surface area contributed by atoms with Crippen LogP contribution in [0.5, 0.6) is 0 Å². The van der Waals surface area contributed by atoms with E-state index >= 15 is 0 Å². The van der Waals surface area contributed by atoms with Crippen molar-refractivity contribution < 1.29 is 24.0 Å². The van der Waals surface area contributed by atoms with Crippen molar-refractivity contribution in [3.8, 4) is 0 Å². The zero-order valence-corrected chi connectivity index (χ0v) is 17.5. The van der Waals surface area contributed by atoms with Crippen LogP contribution in [0.4, 0.5) is 14.9 Å². The van der Waals surface area contributed by atoms with Crippen molar-refractivity contribution in [1.82, 2.24) is 4.90 Å². The van der Waals surface area contributed by atoms with E-state index in [9.17, 15) is 24.4 Å². The van der Waals surface area contributed by atoms with E-state index in [0.717, 1.165) is 17.0 Å². The third-order valence-corrected chi connectivity index (χ3v) is 6.41. The molecule has 2 aliphatic rings. The first-order valence-corrected chi connectivity index (χ1v) is 10.3. The van der Waals surface area contributed by atoms with Crippen LogP contribution in [0.3, 0.4) is 0 Å². The van der Waals surface area contributed by atoms with Gasteiger partial charge in [-0.2, -0.15) is 0 Å². The maximum atomic E-state index is 14.9. The van der Waals surface area contributed by atoms with Crippen molar-refractivity contribution in [2.45, 2.75) is 51.3 Å². The summed E-state index contributed by atoms with van der Waals surface area (Å²) in [6.45, 7) is 7.23. The Bertz CT molecular complexity index is 872. The van der Waals surface area contributed by atoms with Gasteiger partial charge in [-0.05, 0) is 33.3 Å². The summed E-state index contributed by atoms with van der Waals surface area (Å²) in [6.07, 6.45) is -0.682. The summed E-state index contributed by atoms with van der Waals surface area (Å²) in [7, 11) is 0. The molecule has 0 spiro atoms. The lowest BCUT2D eigenvalue weighted by atomic mass is 9.78. The molecule has 0 bridgehead atoms. The number of amides is 1. The Morgan fingerprint density at radius 1 is 1.52 bits per heavy atom. The van der Waals surface area contributed by atoms with Crippen LogP contribution in [0.15, 0.2) is 23.2 Å². The number of aliphatic imine (C=N–C) groups is 1. The van der Waals surface area contributed by atoms with E-state index in [1.807, 2.05) is 6.92 Å². The van der Waals surface area contributed by atoms with Crippen LogP contribution in [-0.2, 0) is 10.3 Å². The molecule has 3 atom stereocenters. The first kappa shape index (κ1) is 21.5. The normalized spacial score (nSPS) is 26.6. The van der Waals surface area contributed by atoms with Gasteiger partial charge in [0.2, 0.25) is 0 Å². The standard InChI is InChI=1S/C19H24FN3O5S/c1-5-15-13-9-29-16(22(17(24)25)18(2,3)4)21-19(13,10-28-15)12-8-11(23(26)27)6-7-14(12)20/h6-8,13,15H,5,9-10H2,1-4H3,(H,24,25)/t13-,15-,19-/m1/s1. The van der Waals surface area contributed by atoms with Crippen molar-refractivity contribution in [3.05, 3.63) is 39.7 Å². The second kappa shape index (κ2) is 7.56. The molecule has 10 heteroatoms. The van der Waals surface area contributed by atoms with E-state index in [-0.39, 0.29) is 35.0 Å². The van der Waals surface area contributed by atoms with E-state index < -0.39 is 27.9 Å². The molecule has 1 aromatic rings. The molecule has 0 aromatic heterocycles. The quantitative estimate of drug-likeness (QED) is 0.574. The second-order valence-corrected chi connectivity index (χ2v) is 9.19. The molecule has 2 heterocycles. The topological polar surface area (TPSA) is 105 Å². The van der Waals surface area contributed by atoms with Gasteiger partial charge >= 0.3 is 6.09 Å². The number of amidine groups is 1. The summed E-state index contributed by atoms with van der Waals surface area (Å²) in [5.41, 5.74) is -2.15. The van der Waals surface area contributed by atoms with Gasteiger partial charge in [0, 0.05) is 34.9 Å². The van der Waals surface area contributed by atoms with Crippen LogP contribution in [0.1, 0.15) is 39.7 Å². The van der Waals surface area contributed by atoms with Crippen molar-refractivity contribution in [2.75, 3.05) is 12.4 Å². The molecule has 1 N–H and O–H groups in total. The maximum absolute atomic E-state index is 14.9. The lowest BCUT2D eigenvalue weighted by Crippen LogP contribution is -2.51. The van der Waals surface area contributed by atoms with Crippen molar-refractivity contribution in [3.63, 3.8) is 0 Å². The summed E-state index contributed by atoms with van der Waals surface area (Å²) >= 11 is 1.29. The summed E-state index contributed by atoms with van der Waals surface area (Å²) in [5.74, 6) is -0.374. The number of non-ortho nitro benzene ring substituents is 1. The van der Waals surface area contributed by atoms with Crippen LogP contribution in [-0.4, -0.2) is 50.2 Å². The SMILES string of the molecule is CC[C@H]1OC[C@]2(c3cc([N+](=O)[O-])ccc3F)N=C(N(C(=O)O)C(C)(C)C)SC[C@H]12. The monoisotopic (exact) mass is 425 g/mol. The van der Waals surface area contributed by atoms with E-state index in [4.69, 9.17) is 9.73 Å². The van der Waals surface area contributed by atoms with Crippen LogP contribution in [0.25, 0.3) is 0 Å². The van der Waals surface area contributed by atoms with Gasteiger partial charge in [0.05, 0.1) is 17.6 Å². The summed E-state index contributed by atoms with van der Waals surface area (Å²) < 4.78 is 20.8. The predicted octanol–water partition coefficient (Wildman–Crippen LogP) is 4.24. The average molecular weight is 425 g/mol. The lowest BCUT2D eigenvalue weighted by molar-refractivity contribution is -0.385. The largest absolute Gasteiger partial charge is 0.465 e. The highest BCUT2D eigenvalue weighted by molar-refractivity contribution is 8.13. The van der Waals surface area contributed by atoms with Gasteiger partial charge in [-0.3, -0.25) is 15.0 Å². The fraction of sp³-hybridized carbons (Fsp3) is 0.579. The van der Waals surface area contributed by atoms with Crippen molar-refractivity contribution in [2.24, 2.45) is 10.9 Å². The van der Waals surface area contributed by atoms with Gasteiger partial charge < -0.3 is 9.84 Å². The number of carboxylic acid groups (broad SMARTS) is 1. The summed E-state index contributed by atoms with van der Waals surface area (Å²) in [5, 5.41) is 21.3. The molecule has 29 heavy (non-hydrogen) atoms. The van der Waals surface area contributed by atoms with Crippen LogP contribution < -0.4 is 0 Å². The molecular formula is C19H24FN3O5S. The van der Waals surface area contributed by atoms with Gasteiger partial charge in [-0.25, -0.2) is 14.2 Å². The van der Waals surface area contributed by atoms with Gasteiger partial charge in [0.25, 0.3) is 5.69 Å².